The molecule has 10 heteroatoms. The molecule has 1 fully saturated rings. The van der Waals surface area contributed by atoms with Crippen LogP contribution in [0, 0.1) is 0 Å². The van der Waals surface area contributed by atoms with Gasteiger partial charge < -0.3 is 24.8 Å². The molecular weight excluding hydrogens is 628 g/mol. The molecule has 50 heavy (non-hydrogen) atoms. The Morgan fingerprint density at radius 2 is 1.52 bits per heavy atom. The van der Waals surface area contributed by atoms with E-state index >= 15 is 0 Å². The standard InChI is InChI=1S/C40H46N6O4/c1-39(2,3)49-37(47)41-20-19-34-42-30-17-14-27(23-32(30)43-34)25-11-9-24(10-12-25)26-13-16-29-28(22-26)15-18-31-35(29)45-36(44-31)33-8-7-21-46(33)38(48)50-40(4,5)6/h9-14,16-17,22-23,33H,7-8,15,18-21H2,1-6H3,(H,41,47)(H,42,43)(H,44,45). The van der Waals surface area contributed by atoms with Crippen LogP contribution in [-0.2, 0) is 28.7 Å². The van der Waals surface area contributed by atoms with Crippen LogP contribution >= 0.6 is 0 Å². The number of hydrogen-bond acceptors (Lipinski definition) is 6. The fourth-order valence-corrected chi connectivity index (χ4v) is 6.86. The predicted octanol–water partition coefficient (Wildman–Crippen LogP) is 8.52. The Morgan fingerprint density at radius 3 is 2.24 bits per heavy atom. The van der Waals surface area contributed by atoms with E-state index in [1.165, 1.54) is 11.1 Å². The number of aromatic nitrogens is 4. The molecule has 10 nitrogen and oxygen atoms in total. The van der Waals surface area contributed by atoms with Crippen LogP contribution in [0.4, 0.5) is 9.59 Å². The van der Waals surface area contributed by atoms with Gasteiger partial charge in [0.15, 0.2) is 0 Å². The number of fused-ring (bicyclic) bond motifs is 4. The number of alkyl carbamates (subject to hydrolysis) is 1. The second-order valence-corrected chi connectivity index (χ2v) is 15.3. The topological polar surface area (TPSA) is 125 Å². The normalized spacial score (nSPS) is 15.9. The fraction of sp³-hybridized carbons (Fsp3) is 0.400. The molecule has 2 aliphatic rings. The van der Waals surface area contributed by atoms with Crippen LogP contribution in [0.1, 0.15) is 83.3 Å². The van der Waals surface area contributed by atoms with Crippen molar-refractivity contribution in [3.8, 4) is 33.5 Å². The monoisotopic (exact) mass is 674 g/mol. The minimum atomic E-state index is -0.534. The van der Waals surface area contributed by atoms with Crippen LogP contribution in [0.25, 0.3) is 44.5 Å². The third kappa shape index (κ3) is 7.25. The van der Waals surface area contributed by atoms with Gasteiger partial charge in [-0.05, 0) is 107 Å². The lowest BCUT2D eigenvalue weighted by molar-refractivity contribution is 0.0218. The van der Waals surface area contributed by atoms with Crippen molar-refractivity contribution in [3.05, 3.63) is 83.6 Å². The molecular formula is C40H46N6O4. The molecule has 2 amide bonds. The largest absolute Gasteiger partial charge is 0.444 e. The molecule has 7 rings (SSSR count). The van der Waals surface area contributed by atoms with E-state index in [-0.39, 0.29) is 12.1 Å². The summed E-state index contributed by atoms with van der Waals surface area (Å²) in [4.78, 5) is 43.5. The number of ether oxygens (including phenoxy) is 2. The van der Waals surface area contributed by atoms with E-state index in [2.05, 4.69) is 69.9 Å². The first-order chi connectivity index (χ1) is 23.8. The van der Waals surface area contributed by atoms with Crippen molar-refractivity contribution in [2.45, 2.75) is 90.9 Å². The van der Waals surface area contributed by atoms with E-state index < -0.39 is 17.3 Å². The third-order valence-corrected chi connectivity index (χ3v) is 9.11. The van der Waals surface area contributed by atoms with Crippen molar-refractivity contribution in [2.75, 3.05) is 13.1 Å². The van der Waals surface area contributed by atoms with Gasteiger partial charge in [-0.15, -0.1) is 0 Å². The second kappa shape index (κ2) is 13.0. The van der Waals surface area contributed by atoms with Gasteiger partial charge in [-0.25, -0.2) is 19.6 Å². The number of rotatable bonds is 6. The number of amides is 2. The first-order valence-electron chi connectivity index (χ1n) is 17.6. The molecule has 1 unspecified atom stereocenters. The molecule has 0 bridgehead atoms. The highest BCUT2D eigenvalue weighted by Crippen LogP contribution is 2.39. The van der Waals surface area contributed by atoms with Crippen molar-refractivity contribution in [1.82, 2.24) is 30.2 Å². The van der Waals surface area contributed by atoms with E-state index in [0.29, 0.717) is 19.5 Å². The van der Waals surface area contributed by atoms with Crippen LogP contribution in [0.2, 0.25) is 0 Å². The number of nitrogens with one attached hydrogen (secondary N) is 3. The number of imidazole rings is 2. The zero-order chi connectivity index (χ0) is 35.2. The lowest BCUT2D eigenvalue weighted by atomic mass is 9.89. The maximum atomic E-state index is 12.9. The summed E-state index contributed by atoms with van der Waals surface area (Å²) in [6, 6.07) is 21.5. The second-order valence-electron chi connectivity index (χ2n) is 15.3. The van der Waals surface area contributed by atoms with Crippen LogP contribution in [0.5, 0.6) is 0 Å². The summed E-state index contributed by atoms with van der Waals surface area (Å²) in [6.45, 7) is 12.3. The fourth-order valence-electron chi connectivity index (χ4n) is 6.86. The van der Waals surface area contributed by atoms with E-state index in [1.807, 2.05) is 52.5 Å². The molecule has 1 aliphatic heterocycles. The Morgan fingerprint density at radius 1 is 0.840 bits per heavy atom. The van der Waals surface area contributed by atoms with E-state index in [1.54, 1.807) is 0 Å². The zero-order valence-electron chi connectivity index (χ0n) is 29.8. The highest BCUT2D eigenvalue weighted by Gasteiger charge is 2.36. The van der Waals surface area contributed by atoms with Crippen molar-refractivity contribution < 1.29 is 19.1 Å². The molecule has 1 atom stereocenters. The Hall–Kier alpha value is -5.12. The Balaban J connectivity index is 1.03. The first kappa shape index (κ1) is 33.4. The molecule has 5 aromatic rings. The number of nitrogens with zero attached hydrogens (tertiary/aromatic N) is 3. The van der Waals surface area contributed by atoms with Gasteiger partial charge in [0.25, 0.3) is 0 Å². The summed E-state index contributed by atoms with van der Waals surface area (Å²) in [5, 5.41) is 2.79. The summed E-state index contributed by atoms with van der Waals surface area (Å²) in [7, 11) is 0. The lowest BCUT2D eigenvalue weighted by Gasteiger charge is -2.27. The number of aromatic amines is 2. The smallest absolute Gasteiger partial charge is 0.410 e. The summed E-state index contributed by atoms with van der Waals surface area (Å²) in [6.07, 6.45) is 3.50. The number of carbonyl (C=O) groups is 2. The van der Waals surface area contributed by atoms with Gasteiger partial charge in [0, 0.05) is 30.8 Å². The molecule has 2 aromatic heterocycles. The highest BCUT2D eigenvalue weighted by molar-refractivity contribution is 5.83. The van der Waals surface area contributed by atoms with Gasteiger partial charge in [-0.2, -0.15) is 0 Å². The van der Waals surface area contributed by atoms with E-state index in [4.69, 9.17) is 19.4 Å². The lowest BCUT2D eigenvalue weighted by Crippen LogP contribution is -2.36. The number of likely N-dealkylation sites (tertiary alicyclic amines) is 1. The molecule has 3 aromatic carbocycles. The summed E-state index contributed by atoms with van der Waals surface area (Å²) < 4.78 is 11.0. The van der Waals surface area contributed by atoms with Gasteiger partial charge in [-0.3, -0.25) is 4.90 Å². The van der Waals surface area contributed by atoms with E-state index in [9.17, 15) is 9.59 Å². The molecule has 0 radical (unpaired) electrons. The Bertz CT molecular complexity index is 2050. The number of H-pyrrole nitrogens is 2. The summed E-state index contributed by atoms with van der Waals surface area (Å²) >= 11 is 0. The molecule has 3 N–H and O–H groups in total. The molecule has 3 heterocycles. The molecule has 1 saturated heterocycles. The summed E-state index contributed by atoms with van der Waals surface area (Å²) in [5.41, 5.74) is 9.93. The zero-order valence-corrected chi connectivity index (χ0v) is 29.8. The van der Waals surface area contributed by atoms with Gasteiger partial charge in [-0.1, -0.05) is 48.5 Å². The summed E-state index contributed by atoms with van der Waals surface area (Å²) in [5.74, 6) is 1.67. The predicted molar refractivity (Wildman–Crippen MR) is 195 cm³/mol. The van der Waals surface area contributed by atoms with Gasteiger partial charge in [0.05, 0.1) is 22.8 Å². The number of carbonyl (C=O) groups excluding carboxylic acids is 2. The number of hydrogen-bond donors (Lipinski definition) is 3. The minimum Gasteiger partial charge on any atom is -0.444 e. The van der Waals surface area contributed by atoms with Crippen LogP contribution in [-0.4, -0.2) is 61.3 Å². The van der Waals surface area contributed by atoms with Crippen molar-refractivity contribution in [3.63, 3.8) is 0 Å². The van der Waals surface area contributed by atoms with Crippen molar-refractivity contribution in [1.29, 1.82) is 0 Å². The average molecular weight is 675 g/mol. The minimum absolute atomic E-state index is 0.0965. The van der Waals surface area contributed by atoms with E-state index in [0.717, 1.165) is 82.0 Å². The highest BCUT2D eigenvalue weighted by atomic mass is 16.6. The molecule has 0 saturated carbocycles. The maximum Gasteiger partial charge on any atom is 0.410 e. The van der Waals surface area contributed by atoms with Crippen molar-refractivity contribution >= 4 is 23.2 Å². The average Bonchev–Trinajstić information content (AvgIpc) is 3.80. The maximum absolute atomic E-state index is 12.9. The SMILES string of the molecule is CC(C)(C)OC(=O)NCCc1nc2ccc(-c3ccc(-c4ccc5c(c4)CCc4[nH]c(C6CCCN6C(=O)OC(C)(C)C)nc4-5)cc3)cc2[nH]1. The molecule has 1 aliphatic carbocycles. The van der Waals surface area contributed by atoms with Crippen LogP contribution < -0.4 is 5.32 Å². The van der Waals surface area contributed by atoms with Crippen LogP contribution in [0.15, 0.2) is 60.7 Å². The number of aryl methyl sites for hydroxylation is 2. The third-order valence-electron chi connectivity index (χ3n) is 9.11. The quantitative estimate of drug-likeness (QED) is 0.166. The first-order valence-corrected chi connectivity index (χ1v) is 17.6. The number of benzene rings is 3. The Labute approximate surface area is 293 Å². The van der Waals surface area contributed by atoms with Gasteiger partial charge in [0.2, 0.25) is 0 Å². The van der Waals surface area contributed by atoms with Gasteiger partial charge >= 0.3 is 12.2 Å². The molecule has 0 spiro atoms. The van der Waals surface area contributed by atoms with Crippen molar-refractivity contribution in [2.24, 2.45) is 0 Å². The van der Waals surface area contributed by atoms with Crippen LogP contribution in [0.3, 0.4) is 0 Å². The molecule has 260 valence electrons. The van der Waals surface area contributed by atoms with Gasteiger partial charge in [0.1, 0.15) is 22.9 Å². The Kier molecular flexibility index (Phi) is 8.66.